The van der Waals surface area contributed by atoms with Gasteiger partial charge in [-0.25, -0.2) is 0 Å². The molecule has 1 aromatic rings. The van der Waals surface area contributed by atoms with E-state index in [1.54, 1.807) is 7.11 Å². The molecule has 0 radical (unpaired) electrons. The molecule has 106 valence electrons. The van der Waals surface area contributed by atoms with Gasteiger partial charge in [0.2, 0.25) is 0 Å². The lowest BCUT2D eigenvalue weighted by molar-refractivity contribution is 0.0153. The lowest BCUT2D eigenvalue weighted by Gasteiger charge is -2.40. The van der Waals surface area contributed by atoms with Crippen molar-refractivity contribution < 1.29 is 9.84 Å². The maximum absolute atomic E-state index is 10.5. The Hall–Kier alpha value is -1.10. The first-order valence-corrected chi connectivity index (χ1v) is 6.80. The molecule has 0 aromatic heterocycles. The number of aliphatic hydroxyl groups is 1. The highest BCUT2D eigenvalue weighted by Crippen LogP contribution is 2.17. The second-order valence-electron chi connectivity index (χ2n) is 5.43. The van der Waals surface area contributed by atoms with Gasteiger partial charge >= 0.3 is 0 Å². The molecule has 4 nitrogen and oxygen atoms in total. The van der Waals surface area contributed by atoms with Gasteiger partial charge < -0.3 is 14.7 Å². The Kier molecular flexibility index (Phi) is 4.80. The number of hydrogen-bond donors (Lipinski definition) is 1. The number of methoxy groups -OCH3 is 1. The fraction of sp³-hybridized carbons (Fsp3) is 0.600. The predicted octanol–water partition coefficient (Wildman–Crippen LogP) is 0.844. The molecule has 1 heterocycles. The number of aliphatic hydroxyl groups excluding tert-OH is 1. The molecule has 1 aliphatic rings. The Balaban J connectivity index is 2.00. The second-order valence-corrected chi connectivity index (χ2v) is 5.43. The average Bonchev–Trinajstić information content (AvgIpc) is 2.41. The summed E-state index contributed by atoms with van der Waals surface area (Å²) in [6, 6.07) is 8.13. The summed E-state index contributed by atoms with van der Waals surface area (Å²) in [5.74, 6) is 0.846. The van der Waals surface area contributed by atoms with E-state index in [0.717, 1.165) is 30.9 Å². The molecule has 2 rings (SSSR count). The summed E-state index contributed by atoms with van der Waals surface area (Å²) >= 11 is 0. The Labute approximate surface area is 115 Å². The normalized spacial score (nSPS) is 23.3. The van der Waals surface area contributed by atoms with E-state index >= 15 is 0 Å². The second kappa shape index (κ2) is 6.37. The highest BCUT2D eigenvalue weighted by molar-refractivity contribution is 5.29. The Morgan fingerprint density at radius 2 is 2.16 bits per heavy atom. The van der Waals surface area contributed by atoms with Gasteiger partial charge in [0.25, 0.3) is 0 Å². The van der Waals surface area contributed by atoms with Gasteiger partial charge in [-0.15, -0.1) is 0 Å². The van der Waals surface area contributed by atoms with Crippen LogP contribution in [-0.4, -0.2) is 67.9 Å². The van der Waals surface area contributed by atoms with Gasteiger partial charge in [0.05, 0.1) is 13.2 Å². The first kappa shape index (κ1) is 14.3. The van der Waals surface area contributed by atoms with Gasteiger partial charge in [0.1, 0.15) is 5.75 Å². The zero-order valence-corrected chi connectivity index (χ0v) is 12.0. The van der Waals surface area contributed by atoms with Crippen LogP contribution in [0.3, 0.4) is 0 Å². The van der Waals surface area contributed by atoms with Gasteiger partial charge in [-0.2, -0.15) is 0 Å². The van der Waals surface area contributed by atoms with Gasteiger partial charge in [0, 0.05) is 32.1 Å². The number of nitrogens with zero attached hydrogens (tertiary/aromatic N) is 2. The topological polar surface area (TPSA) is 35.9 Å². The highest BCUT2D eigenvalue weighted by atomic mass is 16.5. The van der Waals surface area contributed by atoms with Crippen LogP contribution in [-0.2, 0) is 6.42 Å². The minimum Gasteiger partial charge on any atom is -0.497 e. The maximum Gasteiger partial charge on any atom is 0.119 e. The largest absolute Gasteiger partial charge is 0.497 e. The first-order chi connectivity index (χ1) is 9.10. The fourth-order valence-electron chi connectivity index (χ4n) is 2.64. The molecule has 0 amide bonds. The van der Waals surface area contributed by atoms with E-state index in [2.05, 4.69) is 23.9 Å². The Bertz CT molecular complexity index is 411. The van der Waals surface area contributed by atoms with E-state index < -0.39 is 0 Å². The van der Waals surface area contributed by atoms with E-state index in [1.807, 2.05) is 24.3 Å². The third-order valence-electron chi connectivity index (χ3n) is 3.92. The third kappa shape index (κ3) is 3.69. The molecule has 0 saturated carbocycles. The molecule has 0 bridgehead atoms. The molecule has 4 heteroatoms. The minimum absolute atomic E-state index is 0.199. The summed E-state index contributed by atoms with van der Waals surface area (Å²) in [5.41, 5.74) is 1.12. The van der Waals surface area contributed by atoms with E-state index in [-0.39, 0.29) is 12.1 Å². The molecule has 2 unspecified atom stereocenters. The van der Waals surface area contributed by atoms with E-state index in [4.69, 9.17) is 4.74 Å². The van der Waals surface area contributed by atoms with Crippen LogP contribution in [0.2, 0.25) is 0 Å². The molecule has 1 aromatic carbocycles. The molecule has 2 atom stereocenters. The fourth-order valence-corrected chi connectivity index (χ4v) is 2.64. The Morgan fingerprint density at radius 3 is 2.89 bits per heavy atom. The van der Waals surface area contributed by atoms with Crippen LogP contribution in [0.4, 0.5) is 0 Å². The summed E-state index contributed by atoms with van der Waals surface area (Å²) in [6.07, 6.45) is 0.319. The summed E-state index contributed by atoms with van der Waals surface area (Å²) < 4.78 is 5.22. The molecule has 1 saturated heterocycles. The van der Waals surface area contributed by atoms with E-state index in [0.29, 0.717) is 6.42 Å². The third-order valence-corrected chi connectivity index (χ3v) is 3.92. The lowest BCUT2D eigenvalue weighted by atomic mass is 9.99. The van der Waals surface area contributed by atoms with Gasteiger partial charge in [-0.05, 0) is 31.8 Å². The van der Waals surface area contributed by atoms with E-state index in [9.17, 15) is 5.11 Å². The SMILES string of the molecule is COc1cccc(CC(O)C2CN(C)CCN2C)c1. The maximum atomic E-state index is 10.5. The predicted molar refractivity (Wildman–Crippen MR) is 76.6 cm³/mol. The van der Waals surface area contributed by atoms with Crippen molar-refractivity contribution >= 4 is 0 Å². The molecule has 0 aliphatic carbocycles. The number of piperazine rings is 1. The number of likely N-dealkylation sites (N-methyl/N-ethyl adjacent to an activating group) is 2. The van der Waals surface area contributed by atoms with Crippen molar-refractivity contribution in [2.75, 3.05) is 40.8 Å². The van der Waals surface area contributed by atoms with Crippen LogP contribution < -0.4 is 4.74 Å². The highest BCUT2D eigenvalue weighted by Gasteiger charge is 2.28. The van der Waals surface area contributed by atoms with Gasteiger partial charge in [0.15, 0.2) is 0 Å². The van der Waals surface area contributed by atoms with Crippen molar-refractivity contribution in [1.29, 1.82) is 0 Å². The van der Waals surface area contributed by atoms with Crippen LogP contribution >= 0.6 is 0 Å². The zero-order valence-electron chi connectivity index (χ0n) is 12.0. The van der Waals surface area contributed by atoms with Crippen LogP contribution in [0, 0.1) is 0 Å². The lowest BCUT2D eigenvalue weighted by Crippen LogP contribution is -2.55. The Morgan fingerprint density at radius 1 is 1.37 bits per heavy atom. The summed E-state index contributed by atoms with van der Waals surface area (Å²) in [5, 5.41) is 10.5. The van der Waals surface area contributed by atoms with Crippen molar-refractivity contribution in [3.05, 3.63) is 29.8 Å². The molecule has 0 spiro atoms. The van der Waals surface area contributed by atoms with Crippen LogP contribution in [0.5, 0.6) is 5.75 Å². The summed E-state index contributed by atoms with van der Waals surface area (Å²) in [4.78, 5) is 4.53. The zero-order chi connectivity index (χ0) is 13.8. The average molecular weight is 264 g/mol. The number of ether oxygens (including phenoxy) is 1. The minimum atomic E-state index is -0.347. The number of benzene rings is 1. The standard InChI is InChI=1S/C15H24N2O2/c1-16-7-8-17(2)14(11-16)15(18)10-12-5-4-6-13(9-12)19-3/h4-6,9,14-15,18H,7-8,10-11H2,1-3H3. The molecule has 1 aliphatic heterocycles. The van der Waals surface area contributed by atoms with Crippen molar-refractivity contribution in [2.45, 2.75) is 18.6 Å². The van der Waals surface area contributed by atoms with E-state index in [1.165, 1.54) is 0 Å². The van der Waals surface area contributed by atoms with Crippen LogP contribution in [0.15, 0.2) is 24.3 Å². The molecular formula is C15H24N2O2. The quantitative estimate of drug-likeness (QED) is 0.874. The molecule has 19 heavy (non-hydrogen) atoms. The van der Waals surface area contributed by atoms with Gasteiger partial charge in [-0.1, -0.05) is 12.1 Å². The number of hydrogen-bond acceptors (Lipinski definition) is 4. The van der Waals surface area contributed by atoms with Crippen molar-refractivity contribution in [2.24, 2.45) is 0 Å². The molecule has 1 N–H and O–H groups in total. The van der Waals surface area contributed by atoms with Crippen LogP contribution in [0.25, 0.3) is 0 Å². The monoisotopic (exact) mass is 264 g/mol. The van der Waals surface area contributed by atoms with Crippen LogP contribution in [0.1, 0.15) is 5.56 Å². The summed E-state index contributed by atoms with van der Waals surface area (Å²) in [7, 11) is 5.87. The molecular weight excluding hydrogens is 240 g/mol. The van der Waals surface area contributed by atoms with Crippen molar-refractivity contribution in [1.82, 2.24) is 9.80 Å². The van der Waals surface area contributed by atoms with Crippen molar-refractivity contribution in [3.8, 4) is 5.75 Å². The number of rotatable bonds is 4. The molecule has 1 fully saturated rings. The summed E-state index contributed by atoms with van der Waals surface area (Å²) in [6.45, 7) is 3.00. The van der Waals surface area contributed by atoms with Crippen molar-refractivity contribution in [3.63, 3.8) is 0 Å². The smallest absolute Gasteiger partial charge is 0.119 e. The van der Waals surface area contributed by atoms with Gasteiger partial charge in [-0.3, -0.25) is 4.90 Å². The first-order valence-electron chi connectivity index (χ1n) is 6.80.